The van der Waals surface area contributed by atoms with Gasteiger partial charge in [-0.05, 0) is 18.8 Å². The van der Waals surface area contributed by atoms with Crippen molar-refractivity contribution < 1.29 is 5.11 Å². The summed E-state index contributed by atoms with van der Waals surface area (Å²) >= 11 is 7.09. The molecule has 0 aliphatic heterocycles. The van der Waals surface area contributed by atoms with Crippen molar-refractivity contribution in [3.63, 3.8) is 0 Å². The highest BCUT2D eigenvalue weighted by molar-refractivity contribution is 7.15. The first kappa shape index (κ1) is 8.48. The predicted molar refractivity (Wildman–Crippen MR) is 49.4 cm³/mol. The summed E-state index contributed by atoms with van der Waals surface area (Å²) < 4.78 is 0.656. The molecule has 2 rings (SSSR count). The monoisotopic (exact) mass is 203 g/mol. The summed E-state index contributed by atoms with van der Waals surface area (Å²) in [6.07, 6.45) is 4.71. The topological polar surface area (TPSA) is 33.1 Å². The predicted octanol–water partition coefficient (Wildman–Crippen LogP) is 2.63. The normalized spacial score (nSPS) is 20.5. The molecular formula is C8H10ClNOS. The lowest BCUT2D eigenvalue weighted by Gasteiger charge is -2.28. The Morgan fingerprint density at radius 2 is 2.42 bits per heavy atom. The third-order valence-corrected chi connectivity index (χ3v) is 3.53. The summed E-state index contributed by atoms with van der Waals surface area (Å²) in [6.45, 7) is 0. The Kier molecular flexibility index (Phi) is 2.35. The molecule has 1 aliphatic carbocycles. The number of aliphatic hydroxyl groups excluding tert-OH is 1. The van der Waals surface area contributed by atoms with Gasteiger partial charge in [0.15, 0.2) is 0 Å². The van der Waals surface area contributed by atoms with Gasteiger partial charge >= 0.3 is 0 Å². The van der Waals surface area contributed by atoms with E-state index in [-0.39, 0.29) is 6.10 Å². The number of nitrogens with zero attached hydrogens (tertiary/aromatic N) is 1. The average molecular weight is 204 g/mol. The largest absolute Gasteiger partial charge is 0.386 e. The summed E-state index contributed by atoms with van der Waals surface area (Å²) in [7, 11) is 0. The molecule has 12 heavy (non-hydrogen) atoms. The van der Waals surface area contributed by atoms with E-state index in [1.165, 1.54) is 17.8 Å². The molecule has 1 heterocycles. The van der Waals surface area contributed by atoms with Crippen molar-refractivity contribution in [1.82, 2.24) is 4.98 Å². The molecule has 1 atom stereocenters. The standard InChI is InChI=1S/C8H10ClNOS/c9-6-4-10-8(12-6)7(11)5-2-1-3-5/h4-5,7,11H,1-3H2. The second-order valence-electron chi connectivity index (χ2n) is 3.14. The summed E-state index contributed by atoms with van der Waals surface area (Å²) in [5, 5.41) is 10.5. The number of aliphatic hydroxyl groups is 1. The number of hydrogen-bond donors (Lipinski definition) is 1. The van der Waals surface area contributed by atoms with Crippen LogP contribution < -0.4 is 0 Å². The van der Waals surface area contributed by atoms with Gasteiger partial charge in [-0.15, -0.1) is 11.3 Å². The minimum absolute atomic E-state index is 0.378. The van der Waals surface area contributed by atoms with E-state index < -0.39 is 0 Å². The first-order valence-corrected chi connectivity index (χ1v) is 5.26. The minimum atomic E-state index is -0.378. The van der Waals surface area contributed by atoms with E-state index in [2.05, 4.69) is 4.98 Å². The maximum absolute atomic E-state index is 9.74. The average Bonchev–Trinajstić information content (AvgIpc) is 2.31. The Bertz CT molecular complexity index is 272. The molecule has 1 aromatic heterocycles. The molecule has 0 saturated heterocycles. The van der Waals surface area contributed by atoms with E-state index in [0.29, 0.717) is 10.3 Å². The number of hydrogen-bond acceptors (Lipinski definition) is 3. The lowest BCUT2D eigenvalue weighted by molar-refractivity contribution is 0.0619. The van der Waals surface area contributed by atoms with Gasteiger partial charge in [0.25, 0.3) is 0 Å². The fraction of sp³-hybridized carbons (Fsp3) is 0.625. The zero-order valence-electron chi connectivity index (χ0n) is 6.53. The Morgan fingerprint density at radius 3 is 2.83 bits per heavy atom. The Hall–Kier alpha value is -0.120. The Labute approximate surface area is 80.2 Å². The SMILES string of the molecule is OC(c1ncc(Cl)s1)C1CCC1. The quantitative estimate of drug-likeness (QED) is 0.802. The van der Waals surface area contributed by atoms with E-state index in [0.717, 1.165) is 17.8 Å². The van der Waals surface area contributed by atoms with Crippen LogP contribution in [0.15, 0.2) is 6.20 Å². The molecule has 1 aromatic rings. The highest BCUT2D eigenvalue weighted by Gasteiger charge is 2.28. The molecule has 0 bridgehead atoms. The Morgan fingerprint density at radius 1 is 1.67 bits per heavy atom. The van der Waals surface area contributed by atoms with Gasteiger partial charge < -0.3 is 5.11 Å². The van der Waals surface area contributed by atoms with Gasteiger partial charge in [-0.2, -0.15) is 0 Å². The van der Waals surface area contributed by atoms with Crippen LogP contribution in [0.4, 0.5) is 0 Å². The van der Waals surface area contributed by atoms with Gasteiger partial charge in [-0.25, -0.2) is 4.98 Å². The van der Waals surface area contributed by atoms with E-state index in [1.807, 2.05) is 0 Å². The van der Waals surface area contributed by atoms with E-state index >= 15 is 0 Å². The lowest BCUT2D eigenvalue weighted by atomic mass is 9.81. The maximum atomic E-state index is 9.74. The van der Waals surface area contributed by atoms with Crippen molar-refractivity contribution in [2.24, 2.45) is 5.92 Å². The molecule has 0 aromatic carbocycles. The molecule has 0 amide bonds. The highest BCUT2D eigenvalue weighted by Crippen LogP contribution is 2.39. The summed E-state index contributed by atoms with van der Waals surface area (Å²) in [5.74, 6) is 0.423. The van der Waals surface area contributed by atoms with Crippen LogP contribution in [0.25, 0.3) is 0 Å². The van der Waals surface area contributed by atoms with E-state index in [9.17, 15) is 5.11 Å². The van der Waals surface area contributed by atoms with E-state index in [4.69, 9.17) is 11.6 Å². The lowest BCUT2D eigenvalue weighted by Crippen LogP contribution is -2.19. The number of thiazole rings is 1. The minimum Gasteiger partial charge on any atom is -0.386 e. The molecule has 1 aliphatic rings. The van der Waals surface area contributed by atoms with Crippen LogP contribution >= 0.6 is 22.9 Å². The van der Waals surface area contributed by atoms with Crippen molar-refractivity contribution in [2.45, 2.75) is 25.4 Å². The number of aromatic nitrogens is 1. The third-order valence-electron chi connectivity index (χ3n) is 2.34. The third kappa shape index (κ3) is 1.49. The molecule has 0 spiro atoms. The van der Waals surface area contributed by atoms with Crippen LogP contribution in [0.5, 0.6) is 0 Å². The Balaban J connectivity index is 2.08. The van der Waals surface area contributed by atoms with Gasteiger partial charge in [0.1, 0.15) is 15.4 Å². The van der Waals surface area contributed by atoms with Crippen LogP contribution in [0.3, 0.4) is 0 Å². The van der Waals surface area contributed by atoms with Gasteiger partial charge in [0.2, 0.25) is 0 Å². The van der Waals surface area contributed by atoms with Crippen LogP contribution in [-0.4, -0.2) is 10.1 Å². The van der Waals surface area contributed by atoms with Gasteiger partial charge in [0.05, 0.1) is 6.20 Å². The molecule has 66 valence electrons. The second kappa shape index (κ2) is 3.32. The zero-order valence-corrected chi connectivity index (χ0v) is 8.11. The van der Waals surface area contributed by atoms with Crippen LogP contribution in [0, 0.1) is 5.92 Å². The summed E-state index contributed by atoms with van der Waals surface area (Å²) in [6, 6.07) is 0. The van der Waals surface area contributed by atoms with Gasteiger partial charge in [-0.3, -0.25) is 0 Å². The van der Waals surface area contributed by atoms with Crippen molar-refractivity contribution >= 4 is 22.9 Å². The zero-order chi connectivity index (χ0) is 8.55. The molecule has 1 N–H and O–H groups in total. The van der Waals surface area contributed by atoms with Crippen molar-refractivity contribution in [1.29, 1.82) is 0 Å². The molecule has 2 nitrogen and oxygen atoms in total. The molecule has 1 unspecified atom stereocenters. The highest BCUT2D eigenvalue weighted by atomic mass is 35.5. The van der Waals surface area contributed by atoms with E-state index in [1.54, 1.807) is 6.20 Å². The fourth-order valence-corrected chi connectivity index (χ4v) is 2.37. The second-order valence-corrected chi connectivity index (χ2v) is 4.83. The first-order chi connectivity index (χ1) is 5.77. The maximum Gasteiger partial charge on any atom is 0.123 e. The van der Waals surface area contributed by atoms with Crippen molar-refractivity contribution in [3.05, 3.63) is 15.5 Å². The molecule has 4 heteroatoms. The van der Waals surface area contributed by atoms with Crippen LogP contribution in [0.2, 0.25) is 4.34 Å². The van der Waals surface area contributed by atoms with Crippen molar-refractivity contribution in [2.75, 3.05) is 0 Å². The molecular weight excluding hydrogens is 194 g/mol. The fourth-order valence-electron chi connectivity index (χ4n) is 1.36. The van der Waals surface area contributed by atoms with Gasteiger partial charge in [0, 0.05) is 0 Å². The first-order valence-electron chi connectivity index (χ1n) is 4.06. The molecule has 1 saturated carbocycles. The number of halogens is 1. The van der Waals surface area contributed by atoms with Crippen LogP contribution in [0.1, 0.15) is 30.4 Å². The summed E-state index contributed by atoms with van der Waals surface area (Å²) in [5.41, 5.74) is 0. The molecule has 0 radical (unpaired) electrons. The van der Waals surface area contributed by atoms with Gasteiger partial charge in [-0.1, -0.05) is 18.0 Å². The van der Waals surface area contributed by atoms with Crippen LogP contribution in [-0.2, 0) is 0 Å². The number of rotatable bonds is 2. The van der Waals surface area contributed by atoms with Crippen molar-refractivity contribution in [3.8, 4) is 0 Å². The summed E-state index contributed by atoms with van der Waals surface area (Å²) in [4.78, 5) is 4.06. The molecule has 1 fully saturated rings. The smallest absolute Gasteiger partial charge is 0.123 e.